The number of rotatable bonds is 9. The van der Waals surface area contributed by atoms with Gasteiger partial charge >= 0.3 is 0 Å². The van der Waals surface area contributed by atoms with Gasteiger partial charge in [-0.15, -0.1) is 0 Å². The van der Waals surface area contributed by atoms with Crippen molar-refractivity contribution in [1.29, 1.82) is 0 Å². The second-order valence-corrected chi connectivity index (χ2v) is 6.75. The monoisotopic (exact) mass is 375 g/mol. The van der Waals surface area contributed by atoms with E-state index < -0.39 is 0 Å². The number of nitrogens with zero attached hydrogens (tertiary/aromatic N) is 1. The smallest absolute Gasteiger partial charge is 0.196 e. The number of Topliss-reactive ketones (excluding diaryl/α,β-unsaturated/α-hetero) is 1. The number of phenols is 1. The molecule has 0 amide bonds. The lowest BCUT2D eigenvalue weighted by atomic mass is 10.0. The molecule has 0 atom stereocenters. The van der Waals surface area contributed by atoms with Crippen LogP contribution in [0.4, 0.5) is 0 Å². The Morgan fingerprint density at radius 1 is 1.33 bits per heavy atom. The maximum Gasteiger partial charge on any atom is 0.196 e. The summed E-state index contributed by atoms with van der Waals surface area (Å²) in [5.41, 5.74) is -0.0352. The number of ether oxygens (including phenoxy) is 1. The molecule has 27 heavy (non-hydrogen) atoms. The first-order valence-corrected chi connectivity index (χ1v) is 8.78. The Kier molecular flexibility index (Phi) is 6.74. The van der Waals surface area contributed by atoms with E-state index in [4.69, 9.17) is 9.15 Å². The number of aryl methyl sites for hydroxylation is 1. The summed E-state index contributed by atoms with van der Waals surface area (Å²) in [6.45, 7) is 2.45. The molecular weight excluding hydrogens is 350 g/mol. The van der Waals surface area contributed by atoms with E-state index in [1.54, 1.807) is 6.92 Å². The van der Waals surface area contributed by atoms with Crippen LogP contribution < -0.4 is 10.2 Å². The SMILES string of the molecule is COc1cc2c(=O)c(CCC(=O)CCCN(C)C)c(C)oc2c(C=O)c1O. The number of methoxy groups -OCH3 is 1. The number of aromatic hydroxyl groups is 1. The zero-order valence-electron chi connectivity index (χ0n) is 16.1. The molecule has 0 fully saturated rings. The van der Waals surface area contributed by atoms with Crippen LogP contribution >= 0.6 is 0 Å². The highest BCUT2D eigenvalue weighted by molar-refractivity contribution is 5.99. The molecule has 0 unspecified atom stereocenters. The van der Waals surface area contributed by atoms with Gasteiger partial charge in [0.2, 0.25) is 0 Å². The number of carbonyl (C=O) groups is 2. The minimum absolute atomic E-state index is 0.0199. The summed E-state index contributed by atoms with van der Waals surface area (Å²) >= 11 is 0. The quantitative estimate of drug-likeness (QED) is 0.673. The molecule has 146 valence electrons. The summed E-state index contributed by atoms with van der Waals surface area (Å²) in [6.07, 6.45) is 2.19. The number of carbonyl (C=O) groups excluding carboxylic acids is 2. The van der Waals surface area contributed by atoms with Crippen LogP contribution in [0.15, 0.2) is 15.3 Å². The van der Waals surface area contributed by atoms with Crippen molar-refractivity contribution in [3.8, 4) is 11.5 Å². The lowest BCUT2D eigenvalue weighted by Crippen LogP contribution is -2.16. The lowest BCUT2D eigenvalue weighted by molar-refractivity contribution is -0.119. The van der Waals surface area contributed by atoms with Crippen LogP contribution in [0.25, 0.3) is 11.0 Å². The van der Waals surface area contributed by atoms with Crippen molar-refractivity contribution in [2.24, 2.45) is 0 Å². The van der Waals surface area contributed by atoms with Crippen LogP contribution in [-0.2, 0) is 11.2 Å². The maximum absolute atomic E-state index is 12.9. The van der Waals surface area contributed by atoms with E-state index in [2.05, 4.69) is 0 Å². The van der Waals surface area contributed by atoms with Crippen LogP contribution in [0.1, 0.15) is 40.9 Å². The molecule has 0 spiro atoms. The normalized spacial score (nSPS) is 11.1. The molecule has 0 aliphatic heterocycles. The van der Waals surface area contributed by atoms with Crippen molar-refractivity contribution in [3.05, 3.63) is 33.2 Å². The van der Waals surface area contributed by atoms with E-state index in [0.29, 0.717) is 24.0 Å². The number of aldehydes is 1. The molecule has 0 saturated carbocycles. The van der Waals surface area contributed by atoms with Gasteiger partial charge in [-0.2, -0.15) is 0 Å². The topological polar surface area (TPSA) is 97.1 Å². The molecule has 2 aromatic rings. The number of fused-ring (bicyclic) bond motifs is 1. The van der Waals surface area contributed by atoms with Crippen molar-refractivity contribution >= 4 is 23.0 Å². The molecule has 7 heteroatoms. The molecule has 0 aliphatic carbocycles. The number of phenolic OH excluding ortho intramolecular Hbond substituents is 1. The molecule has 0 radical (unpaired) electrons. The number of ketones is 1. The summed E-state index contributed by atoms with van der Waals surface area (Å²) in [4.78, 5) is 38.3. The lowest BCUT2D eigenvalue weighted by Gasteiger charge is -2.11. The molecule has 7 nitrogen and oxygen atoms in total. The first kappa shape index (κ1) is 20.6. The van der Waals surface area contributed by atoms with Crippen LogP contribution in [0.3, 0.4) is 0 Å². The van der Waals surface area contributed by atoms with Crippen molar-refractivity contribution < 1.29 is 23.8 Å². The zero-order chi connectivity index (χ0) is 20.1. The van der Waals surface area contributed by atoms with E-state index in [0.717, 1.165) is 13.0 Å². The summed E-state index contributed by atoms with van der Waals surface area (Å²) < 4.78 is 10.7. The summed E-state index contributed by atoms with van der Waals surface area (Å²) in [7, 11) is 5.24. The molecule has 1 aromatic carbocycles. The Morgan fingerprint density at radius 3 is 2.63 bits per heavy atom. The average Bonchev–Trinajstić information content (AvgIpc) is 2.61. The average molecular weight is 375 g/mol. The molecule has 0 bridgehead atoms. The van der Waals surface area contributed by atoms with Crippen LogP contribution in [0.5, 0.6) is 11.5 Å². The third-order valence-corrected chi connectivity index (χ3v) is 4.50. The Morgan fingerprint density at radius 2 is 2.04 bits per heavy atom. The van der Waals surface area contributed by atoms with Crippen molar-refractivity contribution in [1.82, 2.24) is 4.90 Å². The van der Waals surface area contributed by atoms with Crippen molar-refractivity contribution in [2.45, 2.75) is 32.6 Å². The van der Waals surface area contributed by atoms with Crippen LogP contribution in [0.2, 0.25) is 0 Å². The first-order chi connectivity index (χ1) is 12.8. The standard InChI is InChI=1S/C20H25NO6/c1-12-14(8-7-13(23)6-5-9-21(2)3)18(24)15-10-17(26-4)19(25)16(11-22)20(15)27-12/h10-11,25H,5-9H2,1-4H3. The Labute approximate surface area is 157 Å². The van der Waals surface area contributed by atoms with Gasteiger partial charge in [0.25, 0.3) is 0 Å². The molecule has 1 N–H and O–H groups in total. The summed E-state index contributed by atoms with van der Waals surface area (Å²) in [6, 6.07) is 1.35. The molecule has 1 heterocycles. The summed E-state index contributed by atoms with van der Waals surface area (Å²) in [5.74, 6) is 0.0757. The van der Waals surface area contributed by atoms with Crippen LogP contribution in [-0.4, -0.2) is 49.8 Å². The highest BCUT2D eigenvalue weighted by Gasteiger charge is 2.20. The fourth-order valence-electron chi connectivity index (χ4n) is 3.00. The second-order valence-electron chi connectivity index (χ2n) is 6.75. The van der Waals surface area contributed by atoms with E-state index in [1.165, 1.54) is 13.2 Å². The molecule has 2 rings (SSSR count). The van der Waals surface area contributed by atoms with Crippen molar-refractivity contribution in [3.63, 3.8) is 0 Å². The van der Waals surface area contributed by atoms with Gasteiger partial charge in [-0.3, -0.25) is 14.4 Å². The number of benzene rings is 1. The van der Waals surface area contributed by atoms with Gasteiger partial charge in [0.15, 0.2) is 28.8 Å². The predicted molar refractivity (Wildman–Crippen MR) is 102 cm³/mol. The molecular formula is C20H25NO6. The van der Waals surface area contributed by atoms with Gasteiger partial charge in [-0.1, -0.05) is 0 Å². The van der Waals surface area contributed by atoms with E-state index in [9.17, 15) is 19.5 Å². The predicted octanol–water partition coefficient (Wildman–Crippen LogP) is 2.47. The molecule has 0 aliphatic rings. The first-order valence-electron chi connectivity index (χ1n) is 8.78. The molecule has 0 saturated heterocycles. The number of hydrogen-bond donors (Lipinski definition) is 1. The van der Waals surface area contributed by atoms with Gasteiger partial charge in [0.05, 0.1) is 12.5 Å². The van der Waals surface area contributed by atoms with Crippen LogP contribution in [0, 0.1) is 6.92 Å². The van der Waals surface area contributed by atoms with E-state index >= 15 is 0 Å². The van der Waals surface area contributed by atoms with Gasteiger partial charge in [0, 0.05) is 18.4 Å². The van der Waals surface area contributed by atoms with E-state index in [-0.39, 0.29) is 52.1 Å². The minimum Gasteiger partial charge on any atom is -0.504 e. The Hall–Kier alpha value is -2.67. The van der Waals surface area contributed by atoms with Gasteiger partial charge in [-0.25, -0.2) is 0 Å². The van der Waals surface area contributed by atoms with Gasteiger partial charge in [-0.05, 0) is 46.5 Å². The Balaban J connectivity index is 2.33. The fraction of sp³-hybridized carbons (Fsp3) is 0.450. The molecule has 1 aromatic heterocycles. The maximum atomic E-state index is 12.9. The van der Waals surface area contributed by atoms with Gasteiger partial charge in [0.1, 0.15) is 17.1 Å². The van der Waals surface area contributed by atoms with Crippen molar-refractivity contribution in [2.75, 3.05) is 27.7 Å². The highest BCUT2D eigenvalue weighted by atomic mass is 16.5. The second kappa shape index (κ2) is 8.81. The fourth-order valence-corrected chi connectivity index (χ4v) is 3.00. The largest absolute Gasteiger partial charge is 0.504 e. The van der Waals surface area contributed by atoms with E-state index in [1.807, 2.05) is 19.0 Å². The highest BCUT2D eigenvalue weighted by Crippen LogP contribution is 2.35. The van der Waals surface area contributed by atoms with Gasteiger partial charge < -0.3 is 19.2 Å². The minimum atomic E-state index is -0.369. The number of hydrogen-bond acceptors (Lipinski definition) is 7. The third kappa shape index (κ3) is 4.54. The Bertz CT molecular complexity index is 913. The third-order valence-electron chi connectivity index (χ3n) is 4.50. The summed E-state index contributed by atoms with van der Waals surface area (Å²) in [5, 5.41) is 10.2. The zero-order valence-corrected chi connectivity index (χ0v) is 16.1.